The van der Waals surface area contributed by atoms with Crippen molar-refractivity contribution in [3.05, 3.63) is 42.0 Å². The highest BCUT2D eigenvalue weighted by molar-refractivity contribution is 5.48. The Morgan fingerprint density at radius 2 is 1.62 bits per heavy atom. The van der Waals surface area contributed by atoms with E-state index in [2.05, 4.69) is 52.3 Å². The Morgan fingerprint density at radius 3 is 2.38 bits per heavy atom. The minimum absolute atomic E-state index is 0.799. The summed E-state index contributed by atoms with van der Waals surface area (Å²) < 4.78 is 0. The predicted octanol–water partition coefficient (Wildman–Crippen LogP) is 4.29. The minimum Gasteiger partial charge on any atom is -0.300 e. The molecule has 130 valence electrons. The molecule has 1 spiro atoms. The topological polar surface area (TPSA) is 6.48 Å². The van der Waals surface area contributed by atoms with Gasteiger partial charge in [-0.05, 0) is 36.2 Å². The molecule has 2 heteroatoms. The van der Waals surface area contributed by atoms with Gasteiger partial charge in [-0.3, -0.25) is 4.90 Å². The van der Waals surface area contributed by atoms with E-state index in [9.17, 15) is 0 Å². The normalized spacial score (nSPS) is 27.8. The summed E-state index contributed by atoms with van der Waals surface area (Å²) in [6.07, 6.45) is 13.7. The van der Waals surface area contributed by atoms with Crippen LogP contribution in [0.2, 0.25) is 0 Å². The summed E-state index contributed by atoms with van der Waals surface area (Å²) in [5.74, 6) is 1.03. The molecule has 2 nitrogen and oxygen atoms in total. The lowest BCUT2D eigenvalue weighted by Gasteiger charge is -2.35. The van der Waals surface area contributed by atoms with Crippen molar-refractivity contribution in [3.8, 4) is 0 Å². The first-order chi connectivity index (χ1) is 11.8. The van der Waals surface area contributed by atoms with E-state index in [1.165, 1.54) is 76.8 Å². The molecule has 0 radical (unpaired) electrons. The highest BCUT2D eigenvalue weighted by Crippen LogP contribution is 2.61. The van der Waals surface area contributed by atoms with Crippen molar-refractivity contribution in [3.63, 3.8) is 0 Å². The zero-order valence-electron chi connectivity index (χ0n) is 15.0. The van der Waals surface area contributed by atoms with Crippen molar-refractivity contribution in [2.24, 2.45) is 11.3 Å². The zero-order valence-corrected chi connectivity index (χ0v) is 15.0. The third kappa shape index (κ3) is 3.92. The van der Waals surface area contributed by atoms with Crippen molar-refractivity contribution >= 4 is 6.08 Å². The van der Waals surface area contributed by atoms with Gasteiger partial charge in [-0.2, -0.15) is 0 Å². The first-order valence-electron chi connectivity index (χ1n) is 10.0. The predicted molar refractivity (Wildman–Crippen MR) is 102 cm³/mol. The summed E-state index contributed by atoms with van der Waals surface area (Å²) in [6, 6.07) is 10.6. The van der Waals surface area contributed by atoms with Crippen LogP contribution in [-0.4, -0.2) is 49.1 Å². The molecule has 1 aromatic rings. The molecule has 1 unspecified atom stereocenters. The van der Waals surface area contributed by atoms with Gasteiger partial charge >= 0.3 is 0 Å². The smallest absolute Gasteiger partial charge is 0.0167 e. The SMILES string of the molecule is C(=Cc1ccccc1)CN1CCN(CC2CC23CCCCC3)CC1. The van der Waals surface area contributed by atoms with E-state index in [0.29, 0.717) is 0 Å². The van der Waals surface area contributed by atoms with Crippen LogP contribution in [0.5, 0.6) is 0 Å². The molecule has 3 fully saturated rings. The van der Waals surface area contributed by atoms with Crippen LogP contribution in [0.1, 0.15) is 44.1 Å². The van der Waals surface area contributed by atoms with Crippen LogP contribution in [0.15, 0.2) is 36.4 Å². The average molecular weight is 325 g/mol. The second-order valence-electron chi connectivity index (χ2n) is 8.24. The molecular formula is C22H32N2. The quantitative estimate of drug-likeness (QED) is 0.797. The maximum absolute atomic E-state index is 2.74. The Balaban J connectivity index is 1.17. The van der Waals surface area contributed by atoms with E-state index in [1.54, 1.807) is 0 Å². The molecule has 0 bridgehead atoms. The van der Waals surface area contributed by atoms with E-state index in [0.717, 1.165) is 17.9 Å². The largest absolute Gasteiger partial charge is 0.300 e. The van der Waals surface area contributed by atoms with Gasteiger partial charge in [-0.15, -0.1) is 0 Å². The molecule has 24 heavy (non-hydrogen) atoms. The molecular weight excluding hydrogens is 292 g/mol. The molecule has 1 aliphatic heterocycles. The number of piperazine rings is 1. The van der Waals surface area contributed by atoms with Gasteiger partial charge in [0.25, 0.3) is 0 Å². The highest BCUT2D eigenvalue weighted by Gasteiger charge is 2.53. The molecule has 1 saturated heterocycles. The minimum atomic E-state index is 0.799. The Hall–Kier alpha value is -1.12. The summed E-state index contributed by atoms with van der Waals surface area (Å²) in [5, 5.41) is 0. The molecule has 2 saturated carbocycles. The summed E-state index contributed by atoms with van der Waals surface area (Å²) in [5.41, 5.74) is 2.11. The maximum atomic E-state index is 2.74. The fraction of sp³-hybridized carbons (Fsp3) is 0.636. The average Bonchev–Trinajstić information content (AvgIpc) is 3.28. The van der Waals surface area contributed by atoms with E-state index >= 15 is 0 Å². The van der Waals surface area contributed by atoms with Crippen molar-refractivity contribution in [2.45, 2.75) is 38.5 Å². The third-order valence-corrected chi connectivity index (χ3v) is 6.63. The Bertz CT molecular complexity index is 536. The van der Waals surface area contributed by atoms with Gasteiger partial charge in [0.05, 0.1) is 0 Å². The number of hydrogen-bond donors (Lipinski definition) is 0. The van der Waals surface area contributed by atoms with Gasteiger partial charge in [0, 0.05) is 39.3 Å². The van der Waals surface area contributed by atoms with Gasteiger partial charge in [-0.1, -0.05) is 61.7 Å². The molecule has 3 aliphatic rings. The summed E-state index contributed by atoms with van der Waals surface area (Å²) in [7, 11) is 0. The molecule has 1 heterocycles. The van der Waals surface area contributed by atoms with E-state index in [1.807, 2.05) is 0 Å². The highest BCUT2D eigenvalue weighted by atomic mass is 15.3. The van der Waals surface area contributed by atoms with Crippen molar-refractivity contribution in [2.75, 3.05) is 39.3 Å². The number of hydrogen-bond acceptors (Lipinski definition) is 2. The number of nitrogens with zero attached hydrogens (tertiary/aromatic N) is 2. The van der Waals surface area contributed by atoms with Gasteiger partial charge < -0.3 is 4.90 Å². The van der Waals surface area contributed by atoms with Crippen LogP contribution < -0.4 is 0 Å². The molecule has 1 atom stereocenters. The Labute approximate surface area is 147 Å². The number of rotatable bonds is 5. The fourth-order valence-corrected chi connectivity index (χ4v) is 4.93. The summed E-state index contributed by atoms with van der Waals surface area (Å²) in [4.78, 5) is 5.34. The lowest BCUT2D eigenvalue weighted by Crippen LogP contribution is -2.47. The molecule has 0 amide bonds. The molecule has 4 rings (SSSR count). The van der Waals surface area contributed by atoms with Crippen LogP contribution in [0, 0.1) is 11.3 Å². The summed E-state index contributed by atoms with van der Waals surface area (Å²) >= 11 is 0. The van der Waals surface area contributed by atoms with Gasteiger partial charge in [0.15, 0.2) is 0 Å². The molecule has 2 aliphatic carbocycles. The van der Waals surface area contributed by atoms with E-state index in [-0.39, 0.29) is 0 Å². The lowest BCUT2D eigenvalue weighted by molar-refractivity contribution is 0.130. The van der Waals surface area contributed by atoms with Crippen LogP contribution in [0.25, 0.3) is 6.08 Å². The van der Waals surface area contributed by atoms with Crippen LogP contribution in [-0.2, 0) is 0 Å². The van der Waals surface area contributed by atoms with Crippen molar-refractivity contribution < 1.29 is 0 Å². The van der Waals surface area contributed by atoms with Gasteiger partial charge in [-0.25, -0.2) is 0 Å². The monoisotopic (exact) mass is 324 g/mol. The second kappa shape index (κ2) is 7.41. The number of benzene rings is 1. The lowest BCUT2D eigenvalue weighted by atomic mass is 9.84. The standard InChI is InChI=1S/C22H32N2/c1-3-8-20(9-4-1)10-7-13-23-14-16-24(17-15-23)19-21-18-22(21)11-5-2-6-12-22/h1,3-4,7-10,21H,2,5-6,11-19H2. The van der Waals surface area contributed by atoms with E-state index < -0.39 is 0 Å². The second-order valence-corrected chi connectivity index (χ2v) is 8.24. The fourth-order valence-electron chi connectivity index (χ4n) is 4.93. The van der Waals surface area contributed by atoms with Crippen LogP contribution in [0.3, 0.4) is 0 Å². The molecule has 1 aromatic carbocycles. The Morgan fingerprint density at radius 1 is 0.917 bits per heavy atom. The molecule has 0 N–H and O–H groups in total. The van der Waals surface area contributed by atoms with Crippen LogP contribution in [0.4, 0.5) is 0 Å². The van der Waals surface area contributed by atoms with Crippen LogP contribution >= 0.6 is 0 Å². The zero-order chi connectivity index (χ0) is 16.2. The first kappa shape index (κ1) is 16.4. The van der Waals surface area contributed by atoms with Gasteiger partial charge in [0.1, 0.15) is 0 Å². The van der Waals surface area contributed by atoms with Crippen molar-refractivity contribution in [1.29, 1.82) is 0 Å². The summed E-state index contributed by atoms with van der Waals surface area (Å²) in [6.45, 7) is 7.49. The van der Waals surface area contributed by atoms with Gasteiger partial charge in [0.2, 0.25) is 0 Å². The van der Waals surface area contributed by atoms with E-state index in [4.69, 9.17) is 0 Å². The Kier molecular flexibility index (Phi) is 5.05. The first-order valence-corrected chi connectivity index (χ1v) is 10.0. The van der Waals surface area contributed by atoms with Crippen molar-refractivity contribution in [1.82, 2.24) is 9.80 Å². The molecule has 0 aromatic heterocycles. The maximum Gasteiger partial charge on any atom is 0.0167 e. The third-order valence-electron chi connectivity index (χ3n) is 6.63.